The Hall–Kier alpha value is -2.53. The molecule has 0 atom stereocenters. The van der Waals surface area contributed by atoms with E-state index in [0.717, 1.165) is 29.0 Å². The first kappa shape index (κ1) is 16.8. The zero-order chi connectivity index (χ0) is 16.7. The van der Waals surface area contributed by atoms with Crippen LogP contribution in [0.25, 0.3) is 11.1 Å². The second-order valence-electron chi connectivity index (χ2n) is 5.48. The van der Waals surface area contributed by atoms with E-state index in [1.54, 1.807) is 0 Å². The Morgan fingerprint density at radius 3 is 2.48 bits per heavy atom. The minimum atomic E-state index is -0.767. The van der Waals surface area contributed by atoms with Crippen LogP contribution < -0.4 is 10.5 Å². The van der Waals surface area contributed by atoms with E-state index >= 15 is 0 Å². The summed E-state index contributed by atoms with van der Waals surface area (Å²) < 4.78 is 10.5. The first-order valence-electron chi connectivity index (χ1n) is 7.44. The molecule has 122 valence electrons. The van der Waals surface area contributed by atoms with E-state index in [9.17, 15) is 4.79 Å². The Bertz CT molecular complexity index is 639. The molecule has 0 fully saturated rings. The fourth-order valence-corrected chi connectivity index (χ4v) is 2.06. The predicted molar refractivity (Wildman–Crippen MR) is 90.3 cm³/mol. The van der Waals surface area contributed by atoms with Crippen molar-refractivity contribution in [3.05, 3.63) is 54.1 Å². The molecule has 5 heteroatoms. The van der Waals surface area contributed by atoms with Gasteiger partial charge in [-0.2, -0.15) is 0 Å². The van der Waals surface area contributed by atoms with Crippen molar-refractivity contribution >= 4 is 6.09 Å². The third-order valence-corrected chi connectivity index (χ3v) is 3.31. The summed E-state index contributed by atoms with van der Waals surface area (Å²) >= 11 is 0. The number of benzene rings is 2. The van der Waals surface area contributed by atoms with Crippen LogP contribution in [0.5, 0.6) is 5.75 Å². The highest BCUT2D eigenvalue weighted by atomic mass is 16.5. The third-order valence-electron chi connectivity index (χ3n) is 3.31. The largest absolute Gasteiger partial charge is 0.492 e. The maximum atomic E-state index is 10.6. The van der Waals surface area contributed by atoms with Gasteiger partial charge in [0.05, 0.1) is 0 Å². The quantitative estimate of drug-likeness (QED) is 0.853. The van der Waals surface area contributed by atoms with Crippen LogP contribution in [0.2, 0.25) is 0 Å². The lowest BCUT2D eigenvalue weighted by Crippen LogP contribution is -2.19. The summed E-state index contributed by atoms with van der Waals surface area (Å²) in [7, 11) is 4.03. The molecule has 0 radical (unpaired) electrons. The van der Waals surface area contributed by atoms with E-state index in [1.807, 2.05) is 62.6 Å². The second kappa shape index (κ2) is 8.19. The third kappa shape index (κ3) is 5.64. The smallest absolute Gasteiger partial charge is 0.404 e. The van der Waals surface area contributed by atoms with E-state index in [1.165, 1.54) is 0 Å². The van der Waals surface area contributed by atoms with Gasteiger partial charge in [0.15, 0.2) is 0 Å². The Labute approximate surface area is 136 Å². The molecule has 0 aliphatic carbocycles. The number of amides is 1. The molecule has 0 saturated heterocycles. The van der Waals surface area contributed by atoms with Gasteiger partial charge in [0.2, 0.25) is 0 Å². The van der Waals surface area contributed by atoms with E-state index in [4.69, 9.17) is 15.2 Å². The maximum absolute atomic E-state index is 10.6. The topological polar surface area (TPSA) is 64.8 Å². The van der Waals surface area contributed by atoms with Gasteiger partial charge in [-0.25, -0.2) is 4.79 Å². The summed E-state index contributed by atoms with van der Waals surface area (Å²) in [6, 6.07) is 15.8. The minimum Gasteiger partial charge on any atom is -0.492 e. The average Bonchev–Trinajstić information content (AvgIpc) is 2.53. The standard InChI is InChI=1S/C18H22N2O3/c1-20(2)10-11-22-17-5-3-4-16(12-17)15-8-6-14(7-9-15)13-23-18(19)21/h3-9,12H,10-11,13H2,1-2H3,(H2,19,21). The van der Waals surface area contributed by atoms with Crippen molar-refractivity contribution in [2.24, 2.45) is 5.73 Å². The van der Waals surface area contributed by atoms with Crippen molar-refractivity contribution in [3.63, 3.8) is 0 Å². The zero-order valence-electron chi connectivity index (χ0n) is 13.5. The fourth-order valence-electron chi connectivity index (χ4n) is 2.06. The van der Waals surface area contributed by atoms with E-state index in [2.05, 4.69) is 4.90 Å². The van der Waals surface area contributed by atoms with Gasteiger partial charge in [-0.3, -0.25) is 0 Å². The molecule has 2 N–H and O–H groups in total. The SMILES string of the molecule is CN(C)CCOc1cccc(-c2ccc(COC(N)=O)cc2)c1. The van der Waals surface area contributed by atoms with Crippen molar-refractivity contribution in [2.45, 2.75) is 6.61 Å². The summed E-state index contributed by atoms with van der Waals surface area (Å²) in [5.41, 5.74) is 8.01. The Balaban J connectivity index is 2.02. The summed E-state index contributed by atoms with van der Waals surface area (Å²) in [6.07, 6.45) is -0.767. The Morgan fingerprint density at radius 1 is 1.09 bits per heavy atom. The van der Waals surface area contributed by atoms with Crippen LogP contribution in [0.1, 0.15) is 5.56 Å². The number of rotatable bonds is 7. The summed E-state index contributed by atoms with van der Waals surface area (Å²) in [4.78, 5) is 12.7. The molecule has 0 unspecified atom stereocenters. The van der Waals surface area contributed by atoms with Crippen molar-refractivity contribution in [3.8, 4) is 16.9 Å². The van der Waals surface area contributed by atoms with Crippen LogP contribution in [0.3, 0.4) is 0 Å². The molecule has 0 bridgehead atoms. The van der Waals surface area contributed by atoms with Crippen LogP contribution in [0.15, 0.2) is 48.5 Å². The molecule has 0 spiro atoms. The van der Waals surface area contributed by atoms with Gasteiger partial charge in [0.25, 0.3) is 0 Å². The first-order chi connectivity index (χ1) is 11.0. The lowest BCUT2D eigenvalue weighted by Gasteiger charge is -2.12. The summed E-state index contributed by atoms with van der Waals surface area (Å²) in [5, 5.41) is 0. The van der Waals surface area contributed by atoms with Crippen LogP contribution in [0, 0.1) is 0 Å². The molecule has 23 heavy (non-hydrogen) atoms. The van der Waals surface area contributed by atoms with Gasteiger partial charge >= 0.3 is 6.09 Å². The molecular weight excluding hydrogens is 292 g/mol. The van der Waals surface area contributed by atoms with Gasteiger partial charge in [-0.15, -0.1) is 0 Å². The number of hydrogen-bond acceptors (Lipinski definition) is 4. The molecule has 0 heterocycles. The van der Waals surface area contributed by atoms with Crippen LogP contribution >= 0.6 is 0 Å². The van der Waals surface area contributed by atoms with Gasteiger partial charge in [0, 0.05) is 6.54 Å². The predicted octanol–water partition coefficient (Wildman–Crippen LogP) is 2.89. The molecular formula is C18H22N2O3. The lowest BCUT2D eigenvalue weighted by atomic mass is 10.0. The van der Waals surface area contributed by atoms with Crippen LogP contribution in [0.4, 0.5) is 4.79 Å². The normalized spacial score (nSPS) is 10.6. The minimum absolute atomic E-state index is 0.184. The number of nitrogens with zero attached hydrogens (tertiary/aromatic N) is 1. The highest BCUT2D eigenvalue weighted by Crippen LogP contribution is 2.24. The maximum Gasteiger partial charge on any atom is 0.404 e. The first-order valence-corrected chi connectivity index (χ1v) is 7.44. The number of primary amides is 1. The second-order valence-corrected chi connectivity index (χ2v) is 5.48. The highest BCUT2D eigenvalue weighted by Gasteiger charge is 2.02. The van der Waals surface area contributed by atoms with Crippen molar-refractivity contribution in [1.29, 1.82) is 0 Å². The highest BCUT2D eigenvalue weighted by molar-refractivity contribution is 5.66. The lowest BCUT2D eigenvalue weighted by molar-refractivity contribution is 0.150. The Morgan fingerprint density at radius 2 is 1.83 bits per heavy atom. The zero-order valence-corrected chi connectivity index (χ0v) is 13.5. The van der Waals surface area contributed by atoms with E-state index < -0.39 is 6.09 Å². The van der Waals surface area contributed by atoms with Crippen LogP contribution in [-0.4, -0.2) is 38.2 Å². The molecule has 0 saturated carbocycles. The molecule has 5 nitrogen and oxygen atoms in total. The molecule has 1 amide bonds. The molecule has 0 aliphatic rings. The van der Waals surface area contributed by atoms with Gasteiger partial charge in [-0.05, 0) is 42.9 Å². The summed E-state index contributed by atoms with van der Waals surface area (Å²) in [5.74, 6) is 0.852. The van der Waals surface area contributed by atoms with Crippen molar-refractivity contribution in [2.75, 3.05) is 27.2 Å². The molecule has 2 aromatic carbocycles. The van der Waals surface area contributed by atoms with Crippen LogP contribution in [-0.2, 0) is 11.3 Å². The number of ether oxygens (including phenoxy) is 2. The van der Waals surface area contributed by atoms with E-state index in [-0.39, 0.29) is 6.61 Å². The molecule has 0 aromatic heterocycles. The van der Waals surface area contributed by atoms with Gasteiger partial charge in [-0.1, -0.05) is 36.4 Å². The van der Waals surface area contributed by atoms with Gasteiger partial charge in [0.1, 0.15) is 19.0 Å². The summed E-state index contributed by atoms with van der Waals surface area (Å²) in [6.45, 7) is 1.71. The number of carbonyl (C=O) groups is 1. The van der Waals surface area contributed by atoms with E-state index in [0.29, 0.717) is 6.61 Å². The Kier molecular flexibility index (Phi) is 6.00. The molecule has 2 rings (SSSR count). The number of hydrogen-bond donors (Lipinski definition) is 1. The number of likely N-dealkylation sites (N-methyl/N-ethyl adjacent to an activating group) is 1. The van der Waals surface area contributed by atoms with Crippen molar-refractivity contribution in [1.82, 2.24) is 4.90 Å². The van der Waals surface area contributed by atoms with Crippen molar-refractivity contribution < 1.29 is 14.3 Å². The average molecular weight is 314 g/mol. The van der Waals surface area contributed by atoms with Gasteiger partial charge < -0.3 is 20.1 Å². The molecule has 0 aliphatic heterocycles. The monoisotopic (exact) mass is 314 g/mol. The number of nitrogens with two attached hydrogens (primary N) is 1. The number of carbonyl (C=O) groups excluding carboxylic acids is 1. The molecule has 2 aromatic rings. The fraction of sp³-hybridized carbons (Fsp3) is 0.278.